The molecule has 1 aromatic rings. The summed E-state index contributed by atoms with van der Waals surface area (Å²) >= 11 is 0. The van der Waals surface area contributed by atoms with Crippen LogP contribution >= 0.6 is 0 Å². The van der Waals surface area contributed by atoms with Crippen LogP contribution in [0.15, 0.2) is 24.3 Å². The molecular formula is C17H30N2O. The highest BCUT2D eigenvalue weighted by atomic mass is 16.5. The van der Waals surface area contributed by atoms with Gasteiger partial charge in [-0.3, -0.25) is 4.90 Å². The molecule has 20 heavy (non-hydrogen) atoms. The molecule has 0 spiro atoms. The van der Waals surface area contributed by atoms with Crippen LogP contribution < -0.4 is 5.32 Å². The summed E-state index contributed by atoms with van der Waals surface area (Å²) in [6.07, 6.45) is 2.29. The van der Waals surface area contributed by atoms with Gasteiger partial charge in [0.25, 0.3) is 0 Å². The number of benzene rings is 1. The van der Waals surface area contributed by atoms with Crippen LogP contribution in [0.25, 0.3) is 0 Å². The van der Waals surface area contributed by atoms with E-state index < -0.39 is 0 Å². The molecule has 1 aromatic carbocycles. The molecule has 0 saturated heterocycles. The number of hydrogen-bond acceptors (Lipinski definition) is 3. The van der Waals surface area contributed by atoms with E-state index in [1.165, 1.54) is 17.5 Å². The van der Waals surface area contributed by atoms with Gasteiger partial charge in [-0.25, -0.2) is 0 Å². The van der Waals surface area contributed by atoms with Crippen LogP contribution in [0.5, 0.6) is 0 Å². The van der Waals surface area contributed by atoms with Gasteiger partial charge in [0.1, 0.15) is 0 Å². The van der Waals surface area contributed by atoms with Crippen molar-refractivity contribution in [2.45, 2.75) is 39.3 Å². The Bertz CT molecular complexity index is 368. The summed E-state index contributed by atoms with van der Waals surface area (Å²) in [5, 5.41) is 3.47. The summed E-state index contributed by atoms with van der Waals surface area (Å²) in [6, 6.07) is 9.19. The summed E-state index contributed by atoms with van der Waals surface area (Å²) in [5.74, 6) is 0. The van der Waals surface area contributed by atoms with Crippen LogP contribution in [0.1, 0.15) is 31.4 Å². The number of nitrogens with one attached hydrogen (secondary N) is 1. The van der Waals surface area contributed by atoms with Gasteiger partial charge in [-0.2, -0.15) is 0 Å². The fourth-order valence-corrected chi connectivity index (χ4v) is 2.27. The zero-order chi connectivity index (χ0) is 14.8. The van der Waals surface area contributed by atoms with E-state index in [2.05, 4.69) is 55.4 Å². The second-order valence-corrected chi connectivity index (χ2v) is 5.49. The van der Waals surface area contributed by atoms with Gasteiger partial charge in [0.2, 0.25) is 0 Å². The van der Waals surface area contributed by atoms with Crippen molar-refractivity contribution in [3.63, 3.8) is 0 Å². The number of likely N-dealkylation sites (N-methyl/N-ethyl adjacent to an activating group) is 1. The van der Waals surface area contributed by atoms with E-state index in [-0.39, 0.29) is 0 Å². The third kappa shape index (κ3) is 6.04. The lowest BCUT2D eigenvalue weighted by atomic mass is 10.0. The molecule has 1 atom stereocenters. The monoisotopic (exact) mass is 278 g/mol. The number of ether oxygens (including phenoxy) is 1. The van der Waals surface area contributed by atoms with Crippen molar-refractivity contribution in [2.75, 3.05) is 33.9 Å². The molecule has 0 aromatic heterocycles. The quantitative estimate of drug-likeness (QED) is 0.666. The zero-order valence-electron chi connectivity index (χ0n) is 13.5. The van der Waals surface area contributed by atoms with Crippen molar-refractivity contribution in [1.82, 2.24) is 10.2 Å². The highest BCUT2D eigenvalue weighted by Crippen LogP contribution is 2.13. The second-order valence-electron chi connectivity index (χ2n) is 5.49. The molecule has 0 fully saturated rings. The van der Waals surface area contributed by atoms with Gasteiger partial charge in [-0.15, -0.1) is 0 Å². The van der Waals surface area contributed by atoms with Gasteiger partial charge in [0, 0.05) is 19.7 Å². The summed E-state index contributed by atoms with van der Waals surface area (Å²) in [5.41, 5.74) is 2.88. The Hall–Kier alpha value is -0.900. The SMILES string of the molecule is CCCNCCc1ccccc1CN(C)C(C)COC. The smallest absolute Gasteiger partial charge is 0.0615 e. The van der Waals surface area contributed by atoms with E-state index in [1.54, 1.807) is 7.11 Å². The zero-order valence-corrected chi connectivity index (χ0v) is 13.5. The van der Waals surface area contributed by atoms with E-state index >= 15 is 0 Å². The molecule has 0 aliphatic heterocycles. The van der Waals surface area contributed by atoms with Gasteiger partial charge < -0.3 is 10.1 Å². The summed E-state index contributed by atoms with van der Waals surface area (Å²) in [4.78, 5) is 2.35. The van der Waals surface area contributed by atoms with E-state index in [9.17, 15) is 0 Å². The molecule has 0 heterocycles. The van der Waals surface area contributed by atoms with Gasteiger partial charge in [0.15, 0.2) is 0 Å². The lowest BCUT2D eigenvalue weighted by molar-refractivity contribution is 0.112. The van der Waals surface area contributed by atoms with Crippen molar-refractivity contribution >= 4 is 0 Å². The summed E-state index contributed by atoms with van der Waals surface area (Å²) < 4.78 is 5.23. The topological polar surface area (TPSA) is 24.5 Å². The van der Waals surface area contributed by atoms with Crippen LogP contribution in [0, 0.1) is 0 Å². The van der Waals surface area contributed by atoms with Crippen molar-refractivity contribution in [3.8, 4) is 0 Å². The maximum atomic E-state index is 5.23. The molecule has 0 aliphatic carbocycles. The average molecular weight is 278 g/mol. The van der Waals surface area contributed by atoms with Crippen molar-refractivity contribution < 1.29 is 4.74 Å². The van der Waals surface area contributed by atoms with E-state index in [1.807, 2.05) is 0 Å². The minimum atomic E-state index is 0.436. The number of rotatable bonds is 10. The average Bonchev–Trinajstić information content (AvgIpc) is 2.45. The molecule has 0 aliphatic rings. The molecule has 0 saturated carbocycles. The van der Waals surface area contributed by atoms with E-state index in [4.69, 9.17) is 4.74 Å². The van der Waals surface area contributed by atoms with Crippen molar-refractivity contribution in [1.29, 1.82) is 0 Å². The van der Waals surface area contributed by atoms with Crippen LogP contribution in [0.4, 0.5) is 0 Å². The lowest BCUT2D eigenvalue weighted by Gasteiger charge is -2.25. The Labute approximate surface area is 124 Å². The molecular weight excluding hydrogens is 248 g/mol. The van der Waals surface area contributed by atoms with Crippen LogP contribution in [-0.4, -0.2) is 44.8 Å². The first-order valence-electron chi connectivity index (χ1n) is 7.65. The van der Waals surface area contributed by atoms with Gasteiger partial charge in [-0.1, -0.05) is 31.2 Å². The molecule has 114 valence electrons. The third-order valence-electron chi connectivity index (χ3n) is 3.70. The maximum Gasteiger partial charge on any atom is 0.0615 e. The third-order valence-corrected chi connectivity index (χ3v) is 3.70. The standard InChI is InChI=1S/C17H30N2O/c1-5-11-18-12-10-16-8-6-7-9-17(16)13-19(3)15(2)14-20-4/h6-9,15,18H,5,10-14H2,1-4H3. The Morgan fingerprint density at radius 1 is 1.20 bits per heavy atom. The van der Waals surface area contributed by atoms with Gasteiger partial charge in [0.05, 0.1) is 6.61 Å². The lowest BCUT2D eigenvalue weighted by Crippen LogP contribution is -2.32. The first-order valence-corrected chi connectivity index (χ1v) is 7.65. The summed E-state index contributed by atoms with van der Waals surface area (Å²) in [7, 11) is 3.92. The minimum Gasteiger partial charge on any atom is -0.383 e. The second kappa shape index (κ2) is 9.92. The Morgan fingerprint density at radius 2 is 1.90 bits per heavy atom. The predicted molar refractivity (Wildman–Crippen MR) is 86.1 cm³/mol. The number of methoxy groups -OCH3 is 1. The molecule has 1 N–H and O–H groups in total. The molecule has 1 unspecified atom stereocenters. The predicted octanol–water partition coefficient (Wildman–Crippen LogP) is 2.70. The van der Waals surface area contributed by atoms with Crippen LogP contribution in [-0.2, 0) is 17.7 Å². The number of hydrogen-bond donors (Lipinski definition) is 1. The normalized spacial score (nSPS) is 12.8. The molecule has 0 radical (unpaired) electrons. The number of nitrogens with zero attached hydrogens (tertiary/aromatic N) is 1. The molecule has 0 bridgehead atoms. The first kappa shape index (κ1) is 17.2. The fraction of sp³-hybridized carbons (Fsp3) is 0.647. The Balaban J connectivity index is 2.56. The van der Waals surface area contributed by atoms with Crippen molar-refractivity contribution in [3.05, 3.63) is 35.4 Å². The van der Waals surface area contributed by atoms with Gasteiger partial charge in [-0.05, 0) is 51.0 Å². The van der Waals surface area contributed by atoms with E-state index in [0.29, 0.717) is 6.04 Å². The highest BCUT2D eigenvalue weighted by Gasteiger charge is 2.11. The van der Waals surface area contributed by atoms with Crippen molar-refractivity contribution in [2.24, 2.45) is 0 Å². The molecule has 3 heteroatoms. The summed E-state index contributed by atoms with van der Waals surface area (Å²) in [6.45, 7) is 8.32. The largest absolute Gasteiger partial charge is 0.383 e. The van der Waals surface area contributed by atoms with Gasteiger partial charge >= 0.3 is 0 Å². The molecule has 1 rings (SSSR count). The van der Waals surface area contributed by atoms with E-state index in [0.717, 1.165) is 32.7 Å². The Kier molecular flexibility index (Phi) is 8.51. The Morgan fingerprint density at radius 3 is 2.55 bits per heavy atom. The maximum absolute atomic E-state index is 5.23. The fourth-order valence-electron chi connectivity index (χ4n) is 2.27. The van der Waals surface area contributed by atoms with Crippen LogP contribution in [0.3, 0.4) is 0 Å². The molecule has 3 nitrogen and oxygen atoms in total. The minimum absolute atomic E-state index is 0.436. The van der Waals surface area contributed by atoms with Crippen LogP contribution in [0.2, 0.25) is 0 Å². The highest BCUT2D eigenvalue weighted by molar-refractivity contribution is 5.27. The molecule has 0 amide bonds. The first-order chi connectivity index (χ1) is 9.69.